The Bertz CT molecular complexity index is 760. The maximum Gasteiger partial charge on any atom is 0.274 e. The number of carbonyl (C=O) groups is 1. The zero-order valence-corrected chi connectivity index (χ0v) is 12.2. The van der Waals surface area contributed by atoms with Crippen LogP contribution in [-0.2, 0) is 0 Å². The largest absolute Gasteiger partial charge is 0.463 e. The Kier molecular flexibility index (Phi) is 3.15. The van der Waals surface area contributed by atoms with E-state index in [0.29, 0.717) is 35.4 Å². The Balaban J connectivity index is 1.37. The van der Waals surface area contributed by atoms with Crippen LogP contribution < -0.4 is 4.74 Å². The lowest BCUT2D eigenvalue weighted by Gasteiger charge is -2.37. The minimum absolute atomic E-state index is 0.00131. The van der Waals surface area contributed by atoms with Crippen LogP contribution in [0.5, 0.6) is 5.19 Å². The van der Waals surface area contributed by atoms with Crippen molar-refractivity contribution in [1.82, 2.24) is 20.1 Å². The highest BCUT2D eigenvalue weighted by Gasteiger charge is 2.34. The van der Waals surface area contributed by atoms with E-state index in [4.69, 9.17) is 9.15 Å². The van der Waals surface area contributed by atoms with E-state index in [1.807, 2.05) is 11.4 Å². The second kappa shape index (κ2) is 5.30. The van der Waals surface area contributed by atoms with E-state index in [1.165, 1.54) is 11.3 Å². The Morgan fingerprint density at radius 1 is 1.50 bits per heavy atom. The van der Waals surface area contributed by atoms with Gasteiger partial charge in [-0.1, -0.05) is 11.3 Å². The van der Waals surface area contributed by atoms with Crippen LogP contribution in [0.1, 0.15) is 10.5 Å². The maximum atomic E-state index is 12.3. The number of carbonyl (C=O) groups excluding carboxylic acids is 1. The number of H-pyrrole nitrogens is 1. The van der Waals surface area contributed by atoms with Crippen molar-refractivity contribution in [3.8, 4) is 16.6 Å². The molecule has 0 aliphatic carbocycles. The first-order chi connectivity index (χ1) is 10.8. The summed E-state index contributed by atoms with van der Waals surface area (Å²) >= 11 is 1.44. The van der Waals surface area contributed by atoms with Crippen LogP contribution in [0.15, 0.2) is 40.5 Å². The molecule has 1 fully saturated rings. The molecule has 0 bridgehead atoms. The van der Waals surface area contributed by atoms with E-state index in [0.717, 1.165) is 0 Å². The highest BCUT2D eigenvalue weighted by atomic mass is 32.1. The van der Waals surface area contributed by atoms with Crippen molar-refractivity contribution in [2.45, 2.75) is 6.10 Å². The monoisotopic (exact) mass is 316 g/mol. The third-order valence-corrected chi connectivity index (χ3v) is 4.06. The summed E-state index contributed by atoms with van der Waals surface area (Å²) in [6.07, 6.45) is 3.27. The van der Waals surface area contributed by atoms with Gasteiger partial charge < -0.3 is 14.1 Å². The summed E-state index contributed by atoms with van der Waals surface area (Å²) in [5, 5.41) is 9.35. The van der Waals surface area contributed by atoms with Crippen molar-refractivity contribution in [2.24, 2.45) is 0 Å². The zero-order valence-electron chi connectivity index (χ0n) is 11.4. The molecule has 1 aliphatic rings. The average Bonchev–Trinajstić information content (AvgIpc) is 3.23. The third-order valence-electron chi connectivity index (χ3n) is 3.40. The van der Waals surface area contributed by atoms with Gasteiger partial charge in [0.2, 0.25) is 0 Å². The molecule has 1 aliphatic heterocycles. The van der Waals surface area contributed by atoms with Crippen molar-refractivity contribution in [3.05, 3.63) is 41.7 Å². The molecule has 112 valence electrons. The lowest BCUT2D eigenvalue weighted by molar-refractivity contribution is 0.0172. The second-order valence-electron chi connectivity index (χ2n) is 4.89. The number of amides is 1. The minimum Gasteiger partial charge on any atom is -0.463 e. The third kappa shape index (κ3) is 2.37. The molecule has 22 heavy (non-hydrogen) atoms. The summed E-state index contributed by atoms with van der Waals surface area (Å²) in [6, 6.07) is 5.28. The van der Waals surface area contributed by atoms with E-state index in [9.17, 15) is 4.79 Å². The van der Waals surface area contributed by atoms with Gasteiger partial charge >= 0.3 is 0 Å². The lowest BCUT2D eigenvalue weighted by Crippen LogP contribution is -2.56. The summed E-state index contributed by atoms with van der Waals surface area (Å²) in [4.78, 5) is 18.1. The van der Waals surface area contributed by atoms with Crippen molar-refractivity contribution in [3.63, 3.8) is 0 Å². The molecule has 4 heterocycles. The number of hydrogen-bond donors (Lipinski definition) is 1. The predicted molar refractivity (Wildman–Crippen MR) is 78.7 cm³/mol. The van der Waals surface area contributed by atoms with Crippen LogP contribution >= 0.6 is 11.3 Å². The molecule has 3 aromatic heterocycles. The standard InChI is InChI=1S/C14H12N4O3S/c19-13(11-6-10(16-17-11)12-2-1-4-20-12)18-7-9(8-18)21-14-15-3-5-22-14/h1-6,9H,7-8H2,(H,16,17). The summed E-state index contributed by atoms with van der Waals surface area (Å²) in [5.74, 6) is 0.535. The molecule has 1 amide bonds. The normalized spacial score (nSPS) is 14.8. The van der Waals surface area contributed by atoms with Gasteiger partial charge in [-0.15, -0.1) is 0 Å². The molecule has 0 atom stereocenters. The number of hydrogen-bond acceptors (Lipinski definition) is 6. The summed E-state index contributed by atoms with van der Waals surface area (Å²) in [6.45, 7) is 1.09. The lowest BCUT2D eigenvalue weighted by atomic mass is 10.1. The fourth-order valence-electron chi connectivity index (χ4n) is 2.24. The van der Waals surface area contributed by atoms with Gasteiger partial charge in [-0.2, -0.15) is 5.10 Å². The fraction of sp³-hybridized carbons (Fsp3) is 0.214. The zero-order chi connectivity index (χ0) is 14.9. The van der Waals surface area contributed by atoms with Crippen molar-refractivity contribution in [2.75, 3.05) is 13.1 Å². The fourth-order valence-corrected chi connectivity index (χ4v) is 2.79. The van der Waals surface area contributed by atoms with Gasteiger partial charge in [-0.3, -0.25) is 9.89 Å². The van der Waals surface area contributed by atoms with Crippen LogP contribution in [0.25, 0.3) is 11.5 Å². The Labute approximate surface area is 129 Å². The molecule has 0 saturated carbocycles. The van der Waals surface area contributed by atoms with Crippen molar-refractivity contribution >= 4 is 17.2 Å². The summed E-state index contributed by atoms with van der Waals surface area (Å²) in [5.41, 5.74) is 1.06. The van der Waals surface area contributed by atoms with Gasteiger partial charge in [0, 0.05) is 17.6 Å². The molecule has 7 nitrogen and oxygen atoms in total. The molecule has 1 saturated heterocycles. The molecule has 3 aromatic rings. The number of likely N-dealkylation sites (tertiary alicyclic amines) is 1. The second-order valence-corrected chi connectivity index (χ2v) is 5.75. The average molecular weight is 316 g/mol. The van der Waals surface area contributed by atoms with Gasteiger partial charge in [-0.05, 0) is 12.1 Å². The van der Waals surface area contributed by atoms with E-state index < -0.39 is 0 Å². The van der Waals surface area contributed by atoms with Crippen molar-refractivity contribution in [1.29, 1.82) is 0 Å². The van der Waals surface area contributed by atoms with E-state index >= 15 is 0 Å². The van der Waals surface area contributed by atoms with Gasteiger partial charge in [-0.25, -0.2) is 4.98 Å². The van der Waals surface area contributed by atoms with Gasteiger partial charge in [0.15, 0.2) is 11.5 Å². The molecule has 8 heteroatoms. The Morgan fingerprint density at radius 3 is 3.14 bits per heavy atom. The molecule has 1 N–H and O–H groups in total. The maximum absolute atomic E-state index is 12.3. The smallest absolute Gasteiger partial charge is 0.274 e. The predicted octanol–water partition coefficient (Wildman–Crippen LogP) is 2.03. The highest BCUT2D eigenvalue weighted by Crippen LogP contribution is 2.23. The quantitative estimate of drug-likeness (QED) is 0.796. The Morgan fingerprint density at radius 2 is 2.41 bits per heavy atom. The number of furan rings is 1. The topological polar surface area (TPSA) is 84.2 Å². The van der Waals surface area contributed by atoms with E-state index in [1.54, 1.807) is 29.5 Å². The van der Waals surface area contributed by atoms with E-state index in [2.05, 4.69) is 15.2 Å². The van der Waals surface area contributed by atoms with Crippen molar-refractivity contribution < 1.29 is 13.9 Å². The van der Waals surface area contributed by atoms with Crippen LogP contribution in [0.2, 0.25) is 0 Å². The van der Waals surface area contributed by atoms with Crippen LogP contribution in [0.4, 0.5) is 0 Å². The molecule has 4 rings (SSSR count). The first-order valence-electron chi connectivity index (χ1n) is 6.74. The number of nitrogens with one attached hydrogen (secondary N) is 1. The molecule has 0 radical (unpaired) electrons. The van der Waals surface area contributed by atoms with Gasteiger partial charge in [0.1, 0.15) is 11.8 Å². The number of aromatic amines is 1. The van der Waals surface area contributed by atoms with Crippen LogP contribution in [0.3, 0.4) is 0 Å². The Hall–Kier alpha value is -2.61. The van der Waals surface area contributed by atoms with Gasteiger partial charge in [0.25, 0.3) is 11.1 Å². The minimum atomic E-state index is -0.118. The van der Waals surface area contributed by atoms with Crippen LogP contribution in [-0.4, -0.2) is 45.2 Å². The molecule has 0 unspecified atom stereocenters. The molecule has 0 aromatic carbocycles. The molecule has 0 spiro atoms. The highest BCUT2D eigenvalue weighted by molar-refractivity contribution is 7.11. The molecular weight excluding hydrogens is 304 g/mol. The number of aromatic nitrogens is 3. The van der Waals surface area contributed by atoms with Gasteiger partial charge in [0.05, 0.1) is 19.4 Å². The molecular formula is C14H12N4O3S. The number of nitrogens with zero attached hydrogens (tertiary/aromatic N) is 3. The van der Waals surface area contributed by atoms with E-state index in [-0.39, 0.29) is 12.0 Å². The number of ether oxygens (including phenoxy) is 1. The number of rotatable bonds is 4. The first-order valence-corrected chi connectivity index (χ1v) is 7.62. The summed E-state index contributed by atoms with van der Waals surface area (Å²) < 4.78 is 10.9. The SMILES string of the molecule is O=C(c1cc(-c2ccco2)[nH]n1)N1CC(Oc2nccs2)C1. The number of thiazole rings is 1. The summed E-state index contributed by atoms with van der Waals surface area (Å²) in [7, 11) is 0. The first kappa shape index (κ1) is 13.1. The van der Waals surface area contributed by atoms with Crippen LogP contribution in [0, 0.1) is 0 Å².